The highest BCUT2D eigenvalue weighted by Gasteiger charge is 2.19. The largest absolute Gasteiger partial charge is 0.462 e. The summed E-state index contributed by atoms with van der Waals surface area (Å²) in [5, 5.41) is 0. The van der Waals surface area contributed by atoms with Gasteiger partial charge < -0.3 is 15.4 Å². The molecule has 0 aliphatic heterocycles. The third kappa shape index (κ3) is 3.88. The van der Waals surface area contributed by atoms with Crippen LogP contribution in [0, 0.1) is 0 Å². The van der Waals surface area contributed by atoms with Crippen molar-refractivity contribution in [3.63, 3.8) is 0 Å². The average molecular weight is 264 g/mol. The van der Waals surface area contributed by atoms with Crippen LogP contribution in [-0.4, -0.2) is 25.2 Å². The van der Waals surface area contributed by atoms with E-state index in [4.69, 9.17) is 10.5 Å². The number of nitrogens with zero attached hydrogens (tertiary/aromatic N) is 1. The maximum Gasteiger partial charge on any atom is 0.340 e. The molecule has 0 atom stereocenters. The smallest absolute Gasteiger partial charge is 0.340 e. The summed E-state index contributed by atoms with van der Waals surface area (Å²) in [6.07, 6.45) is 1.02. The van der Waals surface area contributed by atoms with Crippen molar-refractivity contribution in [2.75, 3.05) is 23.8 Å². The lowest BCUT2D eigenvalue weighted by Crippen LogP contribution is -2.33. The van der Waals surface area contributed by atoms with Gasteiger partial charge in [-0.25, -0.2) is 4.79 Å². The van der Waals surface area contributed by atoms with Crippen LogP contribution in [0.4, 0.5) is 11.4 Å². The van der Waals surface area contributed by atoms with Crippen LogP contribution in [0.1, 0.15) is 44.5 Å². The molecule has 0 aliphatic carbocycles. The molecule has 19 heavy (non-hydrogen) atoms. The molecule has 0 saturated heterocycles. The third-order valence-corrected chi connectivity index (χ3v) is 2.91. The monoisotopic (exact) mass is 264 g/mol. The number of nitrogen functional groups attached to an aromatic ring is 1. The molecule has 0 unspecified atom stereocenters. The Morgan fingerprint density at radius 2 is 2.05 bits per heavy atom. The summed E-state index contributed by atoms with van der Waals surface area (Å²) in [7, 11) is 0. The Balaban J connectivity index is 3.20. The Labute approximate surface area is 115 Å². The Kier molecular flexibility index (Phi) is 5.67. The van der Waals surface area contributed by atoms with Gasteiger partial charge in [0, 0.05) is 18.3 Å². The molecule has 4 heteroatoms. The second-order valence-electron chi connectivity index (χ2n) is 4.78. The van der Waals surface area contributed by atoms with Crippen molar-refractivity contribution in [1.82, 2.24) is 0 Å². The molecule has 0 heterocycles. The maximum absolute atomic E-state index is 12.0. The maximum atomic E-state index is 12.0. The van der Waals surface area contributed by atoms with Gasteiger partial charge in [-0.1, -0.05) is 6.92 Å². The van der Waals surface area contributed by atoms with Gasteiger partial charge >= 0.3 is 5.97 Å². The van der Waals surface area contributed by atoms with Gasteiger partial charge in [-0.15, -0.1) is 0 Å². The molecule has 0 radical (unpaired) electrons. The van der Waals surface area contributed by atoms with E-state index in [1.54, 1.807) is 13.0 Å². The van der Waals surface area contributed by atoms with E-state index in [9.17, 15) is 4.79 Å². The van der Waals surface area contributed by atoms with Crippen LogP contribution in [-0.2, 0) is 4.74 Å². The lowest BCUT2D eigenvalue weighted by Gasteiger charge is -2.30. The van der Waals surface area contributed by atoms with Crippen molar-refractivity contribution in [2.24, 2.45) is 0 Å². The third-order valence-electron chi connectivity index (χ3n) is 2.91. The minimum atomic E-state index is -0.313. The summed E-state index contributed by atoms with van der Waals surface area (Å²) in [5.74, 6) is -0.313. The van der Waals surface area contributed by atoms with Crippen molar-refractivity contribution >= 4 is 17.3 Å². The Morgan fingerprint density at radius 1 is 1.37 bits per heavy atom. The first kappa shape index (κ1) is 15.3. The molecule has 0 aromatic heterocycles. The van der Waals surface area contributed by atoms with Gasteiger partial charge in [-0.2, -0.15) is 0 Å². The van der Waals surface area contributed by atoms with Gasteiger partial charge in [0.25, 0.3) is 0 Å². The normalized spacial score (nSPS) is 10.6. The van der Waals surface area contributed by atoms with E-state index in [2.05, 4.69) is 25.7 Å². The van der Waals surface area contributed by atoms with E-state index >= 15 is 0 Å². The van der Waals surface area contributed by atoms with Gasteiger partial charge in [0.15, 0.2) is 0 Å². The fraction of sp³-hybridized carbons (Fsp3) is 0.533. The molecule has 0 aliphatic rings. The van der Waals surface area contributed by atoms with Gasteiger partial charge in [-0.3, -0.25) is 0 Å². The molecule has 1 rings (SSSR count). The fourth-order valence-electron chi connectivity index (χ4n) is 2.07. The van der Waals surface area contributed by atoms with Crippen LogP contribution < -0.4 is 10.6 Å². The molecule has 4 nitrogen and oxygen atoms in total. The first-order valence-corrected chi connectivity index (χ1v) is 6.84. The SMILES string of the molecule is CCCN(c1ccc(N)cc1C(=O)OCC)C(C)C. The zero-order chi connectivity index (χ0) is 14.4. The van der Waals surface area contributed by atoms with Crippen molar-refractivity contribution < 1.29 is 9.53 Å². The van der Waals surface area contributed by atoms with Crippen LogP contribution >= 0.6 is 0 Å². The number of hydrogen-bond acceptors (Lipinski definition) is 4. The molecule has 0 fully saturated rings. The van der Waals surface area contributed by atoms with Crippen LogP contribution in [0.15, 0.2) is 18.2 Å². The summed E-state index contributed by atoms with van der Waals surface area (Å²) in [6.45, 7) is 9.41. The van der Waals surface area contributed by atoms with Gasteiger partial charge in [0.1, 0.15) is 0 Å². The molecule has 0 saturated carbocycles. The van der Waals surface area contributed by atoms with E-state index in [0.29, 0.717) is 23.9 Å². The average Bonchev–Trinajstić information content (AvgIpc) is 2.36. The standard InChI is InChI=1S/C15H24N2O2/c1-5-9-17(11(3)4)14-8-7-12(16)10-13(14)15(18)19-6-2/h7-8,10-11H,5-6,9,16H2,1-4H3. The summed E-state index contributed by atoms with van der Waals surface area (Å²) < 4.78 is 5.11. The first-order chi connectivity index (χ1) is 9.01. The van der Waals surface area contributed by atoms with Crippen molar-refractivity contribution in [3.05, 3.63) is 23.8 Å². The minimum Gasteiger partial charge on any atom is -0.462 e. The lowest BCUT2D eigenvalue weighted by molar-refractivity contribution is 0.0527. The van der Waals surface area contributed by atoms with Crippen molar-refractivity contribution in [3.8, 4) is 0 Å². The lowest BCUT2D eigenvalue weighted by atomic mass is 10.1. The summed E-state index contributed by atoms with van der Waals surface area (Å²) >= 11 is 0. The molecular formula is C15H24N2O2. The molecule has 2 N–H and O–H groups in total. The summed E-state index contributed by atoms with van der Waals surface area (Å²) in [5.41, 5.74) is 7.80. The number of carbonyl (C=O) groups excluding carboxylic acids is 1. The molecule has 106 valence electrons. The number of ether oxygens (including phenoxy) is 1. The van der Waals surface area contributed by atoms with Crippen molar-refractivity contribution in [2.45, 2.75) is 40.2 Å². The van der Waals surface area contributed by atoms with E-state index < -0.39 is 0 Å². The quantitative estimate of drug-likeness (QED) is 0.633. The topological polar surface area (TPSA) is 55.6 Å². The highest BCUT2D eigenvalue weighted by Crippen LogP contribution is 2.26. The first-order valence-electron chi connectivity index (χ1n) is 6.84. The van der Waals surface area contributed by atoms with Gasteiger partial charge in [-0.05, 0) is 45.4 Å². The number of nitrogens with two attached hydrogens (primary N) is 1. The van der Waals surface area contributed by atoms with E-state index in [1.165, 1.54) is 0 Å². The summed E-state index contributed by atoms with van der Waals surface area (Å²) in [6, 6.07) is 5.73. The second-order valence-corrected chi connectivity index (χ2v) is 4.78. The number of benzene rings is 1. The zero-order valence-electron chi connectivity index (χ0n) is 12.3. The number of esters is 1. The predicted molar refractivity (Wildman–Crippen MR) is 79.6 cm³/mol. The number of rotatable bonds is 6. The van der Waals surface area contributed by atoms with Crippen LogP contribution in [0.5, 0.6) is 0 Å². The molecule has 0 bridgehead atoms. The van der Waals surface area contributed by atoms with Crippen LogP contribution in [0.25, 0.3) is 0 Å². The van der Waals surface area contributed by atoms with E-state index in [-0.39, 0.29) is 5.97 Å². The highest BCUT2D eigenvalue weighted by molar-refractivity contribution is 5.97. The van der Waals surface area contributed by atoms with Crippen LogP contribution in [0.2, 0.25) is 0 Å². The highest BCUT2D eigenvalue weighted by atomic mass is 16.5. The van der Waals surface area contributed by atoms with Crippen molar-refractivity contribution in [1.29, 1.82) is 0 Å². The molecular weight excluding hydrogens is 240 g/mol. The molecule has 0 spiro atoms. The van der Waals surface area contributed by atoms with E-state index in [0.717, 1.165) is 18.7 Å². The Bertz CT molecular complexity index is 430. The molecule has 1 aromatic carbocycles. The van der Waals surface area contributed by atoms with E-state index in [1.807, 2.05) is 12.1 Å². The minimum absolute atomic E-state index is 0.313. The number of hydrogen-bond donors (Lipinski definition) is 1. The zero-order valence-corrected chi connectivity index (χ0v) is 12.3. The Morgan fingerprint density at radius 3 is 2.58 bits per heavy atom. The Hall–Kier alpha value is -1.71. The second kappa shape index (κ2) is 7.02. The fourth-order valence-corrected chi connectivity index (χ4v) is 2.07. The predicted octanol–water partition coefficient (Wildman–Crippen LogP) is 3.07. The van der Waals surface area contributed by atoms with Gasteiger partial charge in [0.05, 0.1) is 17.9 Å². The summed E-state index contributed by atoms with van der Waals surface area (Å²) in [4.78, 5) is 14.2. The van der Waals surface area contributed by atoms with Gasteiger partial charge in [0.2, 0.25) is 0 Å². The molecule has 1 aromatic rings. The van der Waals surface area contributed by atoms with Crippen LogP contribution in [0.3, 0.4) is 0 Å². The number of anilines is 2. The number of carbonyl (C=O) groups is 1. The molecule has 0 amide bonds.